The Morgan fingerprint density at radius 3 is 2.47 bits per heavy atom. The van der Waals surface area contributed by atoms with E-state index in [4.69, 9.17) is 10.5 Å². The number of hydrogen-bond acceptors (Lipinski definition) is 3. The summed E-state index contributed by atoms with van der Waals surface area (Å²) in [6.07, 6.45) is 2.84. The molecule has 0 spiro atoms. The third-order valence-electron chi connectivity index (χ3n) is 2.70. The molecule has 0 rings (SSSR count). The number of carbonyl (C=O) groups is 1. The molecule has 0 aliphatic heterocycles. The first kappa shape index (κ1) is 16.4. The zero-order valence-corrected chi connectivity index (χ0v) is 11.7. The third kappa shape index (κ3) is 7.34. The van der Waals surface area contributed by atoms with E-state index in [1.807, 2.05) is 4.90 Å². The van der Waals surface area contributed by atoms with E-state index in [9.17, 15) is 4.79 Å². The highest BCUT2D eigenvalue weighted by Gasteiger charge is 2.21. The van der Waals surface area contributed by atoms with Crippen LogP contribution in [0.15, 0.2) is 0 Å². The molecule has 0 saturated carbocycles. The highest BCUT2D eigenvalue weighted by Crippen LogP contribution is 2.07. The molecule has 0 fully saturated rings. The number of methoxy groups -OCH3 is 1. The van der Waals surface area contributed by atoms with Crippen molar-refractivity contribution in [2.75, 3.05) is 26.8 Å². The molecular formula is C13H28N2O2. The van der Waals surface area contributed by atoms with Crippen LogP contribution in [-0.2, 0) is 9.53 Å². The molecule has 2 N–H and O–H groups in total. The maximum atomic E-state index is 12.1. The summed E-state index contributed by atoms with van der Waals surface area (Å²) in [4.78, 5) is 14.0. The second-order valence-corrected chi connectivity index (χ2v) is 4.91. The smallest absolute Gasteiger partial charge is 0.239 e. The molecular weight excluding hydrogens is 216 g/mol. The summed E-state index contributed by atoms with van der Waals surface area (Å²) in [5, 5.41) is 0. The van der Waals surface area contributed by atoms with Crippen LogP contribution >= 0.6 is 0 Å². The molecule has 17 heavy (non-hydrogen) atoms. The number of rotatable bonds is 9. The Balaban J connectivity index is 4.28. The Morgan fingerprint density at radius 2 is 2.00 bits per heavy atom. The minimum absolute atomic E-state index is 0.0594. The van der Waals surface area contributed by atoms with Crippen LogP contribution in [0.2, 0.25) is 0 Å². The molecule has 0 aromatic rings. The fraction of sp³-hybridized carbons (Fsp3) is 0.923. The second-order valence-electron chi connectivity index (χ2n) is 4.91. The number of unbranched alkanes of at least 4 members (excludes halogenated alkanes) is 1. The standard InChI is InChI=1S/C13H28N2O2/c1-5-6-7-15(8-9-17-4)13(16)12(14)10-11(2)3/h11-12H,5-10,14H2,1-4H3/t12-/m0/s1. The predicted octanol–water partition coefficient (Wildman–Crippen LogP) is 1.63. The maximum absolute atomic E-state index is 12.1. The van der Waals surface area contributed by atoms with Crippen molar-refractivity contribution in [1.29, 1.82) is 0 Å². The van der Waals surface area contributed by atoms with E-state index in [0.29, 0.717) is 19.1 Å². The second kappa shape index (κ2) is 9.42. The lowest BCUT2D eigenvalue weighted by molar-refractivity contribution is -0.133. The Hall–Kier alpha value is -0.610. The molecule has 0 aliphatic rings. The van der Waals surface area contributed by atoms with Gasteiger partial charge in [-0.3, -0.25) is 4.79 Å². The fourth-order valence-electron chi connectivity index (χ4n) is 1.73. The average molecular weight is 244 g/mol. The van der Waals surface area contributed by atoms with Gasteiger partial charge in [0.05, 0.1) is 12.6 Å². The van der Waals surface area contributed by atoms with Gasteiger partial charge in [0.1, 0.15) is 0 Å². The van der Waals surface area contributed by atoms with Gasteiger partial charge < -0.3 is 15.4 Å². The number of nitrogens with zero attached hydrogens (tertiary/aromatic N) is 1. The lowest BCUT2D eigenvalue weighted by Crippen LogP contribution is -2.46. The molecule has 0 heterocycles. The topological polar surface area (TPSA) is 55.6 Å². The van der Waals surface area contributed by atoms with Gasteiger partial charge in [-0.1, -0.05) is 27.2 Å². The summed E-state index contributed by atoms with van der Waals surface area (Å²) < 4.78 is 5.03. The Bertz CT molecular complexity index is 200. The normalized spacial score (nSPS) is 12.8. The molecule has 0 radical (unpaired) electrons. The third-order valence-corrected chi connectivity index (χ3v) is 2.70. The summed E-state index contributed by atoms with van der Waals surface area (Å²) in [7, 11) is 1.65. The zero-order chi connectivity index (χ0) is 13.3. The van der Waals surface area contributed by atoms with Gasteiger partial charge in [-0.05, 0) is 18.8 Å². The first-order valence-corrected chi connectivity index (χ1v) is 6.56. The molecule has 0 aromatic carbocycles. The van der Waals surface area contributed by atoms with E-state index in [0.717, 1.165) is 25.8 Å². The van der Waals surface area contributed by atoms with Crippen molar-refractivity contribution in [3.05, 3.63) is 0 Å². The fourth-order valence-corrected chi connectivity index (χ4v) is 1.73. The maximum Gasteiger partial charge on any atom is 0.239 e. The zero-order valence-electron chi connectivity index (χ0n) is 11.7. The van der Waals surface area contributed by atoms with Crippen LogP contribution in [0.5, 0.6) is 0 Å². The lowest BCUT2D eigenvalue weighted by atomic mass is 10.0. The van der Waals surface area contributed by atoms with Crippen LogP contribution in [0, 0.1) is 5.92 Å². The largest absolute Gasteiger partial charge is 0.383 e. The molecule has 1 amide bonds. The quantitative estimate of drug-likeness (QED) is 0.671. The summed E-state index contributed by atoms with van der Waals surface area (Å²) >= 11 is 0. The Morgan fingerprint density at radius 1 is 1.35 bits per heavy atom. The van der Waals surface area contributed by atoms with Crippen molar-refractivity contribution >= 4 is 5.91 Å². The molecule has 0 aliphatic carbocycles. The van der Waals surface area contributed by atoms with Crippen molar-refractivity contribution < 1.29 is 9.53 Å². The number of hydrogen-bond donors (Lipinski definition) is 1. The van der Waals surface area contributed by atoms with E-state index < -0.39 is 0 Å². The molecule has 4 nitrogen and oxygen atoms in total. The summed E-state index contributed by atoms with van der Waals surface area (Å²) in [5.74, 6) is 0.508. The minimum atomic E-state index is -0.372. The van der Waals surface area contributed by atoms with Gasteiger partial charge in [0.15, 0.2) is 0 Å². The highest BCUT2D eigenvalue weighted by molar-refractivity contribution is 5.81. The van der Waals surface area contributed by atoms with E-state index >= 15 is 0 Å². The number of nitrogens with two attached hydrogens (primary N) is 1. The number of amides is 1. The monoisotopic (exact) mass is 244 g/mol. The van der Waals surface area contributed by atoms with Crippen LogP contribution in [0.1, 0.15) is 40.0 Å². The Labute approximate surface area is 105 Å². The van der Waals surface area contributed by atoms with Crippen LogP contribution in [-0.4, -0.2) is 43.7 Å². The van der Waals surface area contributed by atoms with E-state index in [1.165, 1.54) is 0 Å². The lowest BCUT2D eigenvalue weighted by Gasteiger charge is -2.26. The van der Waals surface area contributed by atoms with Crippen LogP contribution in [0.25, 0.3) is 0 Å². The summed E-state index contributed by atoms with van der Waals surface area (Å²) in [6.45, 7) is 8.28. The first-order valence-electron chi connectivity index (χ1n) is 6.56. The molecule has 0 bridgehead atoms. The Kier molecular flexibility index (Phi) is 9.09. The predicted molar refractivity (Wildman–Crippen MR) is 70.8 cm³/mol. The van der Waals surface area contributed by atoms with Gasteiger partial charge >= 0.3 is 0 Å². The molecule has 0 unspecified atom stereocenters. The van der Waals surface area contributed by atoms with Crippen LogP contribution in [0.4, 0.5) is 0 Å². The van der Waals surface area contributed by atoms with E-state index in [2.05, 4.69) is 20.8 Å². The summed E-state index contributed by atoms with van der Waals surface area (Å²) in [5.41, 5.74) is 5.93. The van der Waals surface area contributed by atoms with Crippen molar-refractivity contribution in [2.24, 2.45) is 11.7 Å². The van der Waals surface area contributed by atoms with Gasteiger partial charge in [0.25, 0.3) is 0 Å². The van der Waals surface area contributed by atoms with Gasteiger partial charge in [0.2, 0.25) is 5.91 Å². The van der Waals surface area contributed by atoms with Crippen molar-refractivity contribution in [3.63, 3.8) is 0 Å². The SMILES string of the molecule is CCCCN(CCOC)C(=O)[C@@H](N)CC(C)C. The molecule has 4 heteroatoms. The van der Waals surface area contributed by atoms with Gasteiger partial charge in [-0.2, -0.15) is 0 Å². The molecule has 1 atom stereocenters. The molecule has 102 valence electrons. The minimum Gasteiger partial charge on any atom is -0.383 e. The number of carbonyl (C=O) groups excluding carboxylic acids is 1. The van der Waals surface area contributed by atoms with Crippen molar-refractivity contribution in [2.45, 2.75) is 46.1 Å². The van der Waals surface area contributed by atoms with Crippen molar-refractivity contribution in [1.82, 2.24) is 4.90 Å². The van der Waals surface area contributed by atoms with Gasteiger partial charge in [0, 0.05) is 20.2 Å². The number of ether oxygens (including phenoxy) is 1. The van der Waals surface area contributed by atoms with Gasteiger partial charge in [-0.15, -0.1) is 0 Å². The van der Waals surface area contributed by atoms with E-state index in [-0.39, 0.29) is 11.9 Å². The highest BCUT2D eigenvalue weighted by atomic mass is 16.5. The summed E-state index contributed by atoms with van der Waals surface area (Å²) in [6, 6.07) is -0.372. The van der Waals surface area contributed by atoms with Gasteiger partial charge in [-0.25, -0.2) is 0 Å². The van der Waals surface area contributed by atoms with Crippen LogP contribution in [0.3, 0.4) is 0 Å². The van der Waals surface area contributed by atoms with Crippen molar-refractivity contribution in [3.8, 4) is 0 Å². The molecule has 0 aromatic heterocycles. The first-order chi connectivity index (χ1) is 8.02. The average Bonchev–Trinajstić information content (AvgIpc) is 2.27. The van der Waals surface area contributed by atoms with E-state index in [1.54, 1.807) is 7.11 Å². The molecule has 0 saturated heterocycles. The van der Waals surface area contributed by atoms with Crippen LogP contribution < -0.4 is 5.73 Å².